The molecule has 0 spiro atoms. The summed E-state index contributed by atoms with van der Waals surface area (Å²) in [5.41, 5.74) is -0.265. The summed E-state index contributed by atoms with van der Waals surface area (Å²) in [5, 5.41) is 2.50. The maximum atomic E-state index is 13.7. The van der Waals surface area contributed by atoms with Gasteiger partial charge in [-0.05, 0) is 36.4 Å². The van der Waals surface area contributed by atoms with Crippen LogP contribution in [0.15, 0.2) is 59.1 Å². The van der Waals surface area contributed by atoms with Gasteiger partial charge in [0.05, 0.1) is 17.3 Å². The Morgan fingerprint density at radius 3 is 2.44 bits per heavy atom. The van der Waals surface area contributed by atoms with Crippen LogP contribution in [0.2, 0.25) is 0 Å². The molecule has 0 bridgehead atoms. The molecule has 0 unspecified atom stereocenters. The maximum Gasteiger partial charge on any atom is 0.416 e. The van der Waals surface area contributed by atoms with Crippen molar-refractivity contribution in [2.45, 2.75) is 19.0 Å². The lowest BCUT2D eigenvalue weighted by Crippen LogP contribution is -2.13. The highest BCUT2D eigenvalue weighted by atomic mass is 19.4. The molecule has 0 saturated heterocycles. The summed E-state index contributed by atoms with van der Waals surface area (Å²) in [4.78, 5) is 15.9. The molecule has 1 N–H and O–H groups in total. The van der Waals surface area contributed by atoms with E-state index in [1.807, 2.05) is 0 Å². The SMILES string of the molecule is O=C(CCc1ncc(-c2ccccc2F)o1)Nc1ccc(C(F)(F)F)cc1. The van der Waals surface area contributed by atoms with E-state index < -0.39 is 23.5 Å². The number of benzene rings is 2. The number of anilines is 1. The molecule has 0 saturated carbocycles. The van der Waals surface area contributed by atoms with Crippen LogP contribution in [-0.4, -0.2) is 10.9 Å². The standard InChI is InChI=1S/C19H14F4N2O2/c20-15-4-2-1-3-14(15)16-11-24-18(27-16)10-9-17(26)25-13-7-5-12(6-8-13)19(21,22)23/h1-8,11H,9-10H2,(H,25,26). The van der Waals surface area contributed by atoms with Crippen LogP contribution in [0, 0.1) is 5.82 Å². The molecule has 4 nitrogen and oxygen atoms in total. The Morgan fingerprint density at radius 1 is 1.07 bits per heavy atom. The van der Waals surface area contributed by atoms with Gasteiger partial charge in [-0.2, -0.15) is 13.2 Å². The first-order chi connectivity index (χ1) is 12.8. The predicted molar refractivity (Wildman–Crippen MR) is 90.3 cm³/mol. The fourth-order valence-electron chi connectivity index (χ4n) is 2.40. The number of carbonyl (C=O) groups is 1. The number of aryl methyl sites for hydroxylation is 1. The molecular formula is C19H14F4N2O2. The fraction of sp³-hybridized carbons (Fsp3) is 0.158. The van der Waals surface area contributed by atoms with E-state index in [4.69, 9.17) is 4.42 Å². The Morgan fingerprint density at radius 2 is 1.78 bits per heavy atom. The van der Waals surface area contributed by atoms with Gasteiger partial charge in [0.25, 0.3) is 0 Å². The molecule has 0 radical (unpaired) electrons. The number of aromatic nitrogens is 1. The van der Waals surface area contributed by atoms with Gasteiger partial charge in [-0.25, -0.2) is 9.37 Å². The third kappa shape index (κ3) is 4.72. The molecule has 1 amide bonds. The summed E-state index contributed by atoms with van der Waals surface area (Å²) in [5.74, 6) is -0.331. The van der Waals surface area contributed by atoms with E-state index in [1.54, 1.807) is 18.2 Å². The van der Waals surface area contributed by atoms with Crippen LogP contribution < -0.4 is 5.32 Å². The quantitative estimate of drug-likeness (QED) is 0.631. The van der Waals surface area contributed by atoms with Crippen molar-refractivity contribution in [3.05, 3.63) is 72.0 Å². The number of hydrogen-bond donors (Lipinski definition) is 1. The average molecular weight is 378 g/mol. The summed E-state index contributed by atoms with van der Waals surface area (Å²) in [7, 11) is 0. The molecule has 2 aromatic carbocycles. The molecule has 0 aliphatic heterocycles. The maximum absolute atomic E-state index is 13.7. The Hall–Kier alpha value is -3.16. The summed E-state index contributed by atoms with van der Waals surface area (Å²) in [6, 6.07) is 10.2. The minimum atomic E-state index is -4.43. The average Bonchev–Trinajstić information content (AvgIpc) is 3.09. The zero-order valence-electron chi connectivity index (χ0n) is 13.9. The van der Waals surface area contributed by atoms with Crippen molar-refractivity contribution in [3.63, 3.8) is 0 Å². The molecule has 0 aliphatic carbocycles. The van der Waals surface area contributed by atoms with Crippen molar-refractivity contribution in [1.29, 1.82) is 0 Å². The smallest absolute Gasteiger partial charge is 0.416 e. The lowest BCUT2D eigenvalue weighted by Gasteiger charge is -2.08. The summed E-state index contributed by atoms with van der Waals surface area (Å²) in [6.07, 6.45) is -2.87. The van der Waals surface area contributed by atoms with Crippen molar-refractivity contribution in [1.82, 2.24) is 4.98 Å². The predicted octanol–water partition coefficient (Wildman–Crippen LogP) is 5.07. The lowest BCUT2D eigenvalue weighted by molar-refractivity contribution is -0.137. The van der Waals surface area contributed by atoms with Crippen molar-refractivity contribution in [3.8, 4) is 11.3 Å². The topological polar surface area (TPSA) is 55.1 Å². The van der Waals surface area contributed by atoms with E-state index in [0.29, 0.717) is 0 Å². The van der Waals surface area contributed by atoms with Crippen LogP contribution in [0.4, 0.5) is 23.2 Å². The van der Waals surface area contributed by atoms with Gasteiger partial charge >= 0.3 is 6.18 Å². The Labute approximate surface area is 151 Å². The lowest BCUT2D eigenvalue weighted by atomic mass is 10.2. The molecule has 140 valence electrons. The number of carbonyl (C=O) groups excluding carboxylic acids is 1. The number of nitrogens with one attached hydrogen (secondary N) is 1. The van der Waals surface area contributed by atoms with Crippen LogP contribution in [-0.2, 0) is 17.4 Å². The zero-order valence-corrected chi connectivity index (χ0v) is 13.9. The number of oxazole rings is 1. The van der Waals surface area contributed by atoms with E-state index in [2.05, 4.69) is 10.3 Å². The first-order valence-corrected chi connectivity index (χ1v) is 7.99. The molecule has 3 aromatic rings. The van der Waals surface area contributed by atoms with Crippen molar-refractivity contribution >= 4 is 11.6 Å². The number of rotatable bonds is 5. The van der Waals surface area contributed by atoms with Crippen LogP contribution in [0.1, 0.15) is 17.9 Å². The highest BCUT2D eigenvalue weighted by Crippen LogP contribution is 2.30. The molecule has 0 atom stereocenters. The third-order valence-corrected chi connectivity index (χ3v) is 3.75. The number of nitrogens with zero attached hydrogens (tertiary/aromatic N) is 1. The second-order valence-electron chi connectivity index (χ2n) is 5.72. The highest BCUT2D eigenvalue weighted by Gasteiger charge is 2.29. The van der Waals surface area contributed by atoms with Crippen LogP contribution >= 0.6 is 0 Å². The molecule has 1 heterocycles. The zero-order chi connectivity index (χ0) is 19.4. The van der Waals surface area contributed by atoms with Gasteiger partial charge in [0, 0.05) is 18.5 Å². The van der Waals surface area contributed by atoms with Gasteiger partial charge in [-0.15, -0.1) is 0 Å². The first-order valence-electron chi connectivity index (χ1n) is 7.99. The molecule has 0 aliphatic rings. The Kier molecular flexibility index (Phi) is 5.25. The van der Waals surface area contributed by atoms with Crippen LogP contribution in [0.5, 0.6) is 0 Å². The largest absolute Gasteiger partial charge is 0.441 e. The second kappa shape index (κ2) is 7.61. The number of alkyl halides is 3. The van der Waals surface area contributed by atoms with Gasteiger partial charge in [0.1, 0.15) is 5.82 Å². The molecule has 1 aromatic heterocycles. The second-order valence-corrected chi connectivity index (χ2v) is 5.72. The summed E-state index contributed by atoms with van der Waals surface area (Å²) < 4.78 is 56.7. The number of hydrogen-bond acceptors (Lipinski definition) is 3. The minimum Gasteiger partial charge on any atom is -0.441 e. The summed E-state index contributed by atoms with van der Waals surface area (Å²) >= 11 is 0. The van der Waals surface area contributed by atoms with E-state index in [1.165, 1.54) is 24.4 Å². The normalized spacial score (nSPS) is 11.4. The Bertz CT molecular complexity index is 933. The van der Waals surface area contributed by atoms with Crippen molar-refractivity contribution < 1.29 is 26.8 Å². The van der Waals surface area contributed by atoms with Gasteiger partial charge in [-0.3, -0.25) is 4.79 Å². The fourth-order valence-corrected chi connectivity index (χ4v) is 2.40. The minimum absolute atomic E-state index is 0.0122. The molecule has 8 heteroatoms. The van der Waals surface area contributed by atoms with E-state index >= 15 is 0 Å². The first kappa shape index (κ1) is 18.6. The van der Waals surface area contributed by atoms with Crippen molar-refractivity contribution in [2.75, 3.05) is 5.32 Å². The third-order valence-electron chi connectivity index (χ3n) is 3.75. The van der Waals surface area contributed by atoms with E-state index in [0.717, 1.165) is 12.1 Å². The molecular weight excluding hydrogens is 364 g/mol. The van der Waals surface area contributed by atoms with Crippen LogP contribution in [0.25, 0.3) is 11.3 Å². The molecule has 0 fully saturated rings. The monoisotopic (exact) mass is 378 g/mol. The van der Waals surface area contributed by atoms with E-state index in [-0.39, 0.29) is 35.7 Å². The summed E-state index contributed by atoms with van der Waals surface area (Å²) in [6.45, 7) is 0. The highest BCUT2D eigenvalue weighted by molar-refractivity contribution is 5.90. The van der Waals surface area contributed by atoms with Gasteiger partial charge < -0.3 is 9.73 Å². The molecule has 3 rings (SSSR count). The molecule has 27 heavy (non-hydrogen) atoms. The van der Waals surface area contributed by atoms with E-state index in [9.17, 15) is 22.4 Å². The van der Waals surface area contributed by atoms with Crippen molar-refractivity contribution in [2.24, 2.45) is 0 Å². The van der Waals surface area contributed by atoms with Gasteiger partial charge in [0.2, 0.25) is 5.91 Å². The van der Waals surface area contributed by atoms with Gasteiger partial charge in [-0.1, -0.05) is 12.1 Å². The van der Waals surface area contributed by atoms with Crippen LogP contribution in [0.3, 0.4) is 0 Å². The Balaban J connectivity index is 1.56. The number of amides is 1. The van der Waals surface area contributed by atoms with Gasteiger partial charge in [0.15, 0.2) is 11.7 Å². The number of halogens is 4.